The van der Waals surface area contributed by atoms with Crippen LogP contribution in [0.25, 0.3) is 0 Å². The van der Waals surface area contributed by atoms with Crippen LogP contribution in [0.2, 0.25) is 0 Å². The van der Waals surface area contributed by atoms with Crippen molar-refractivity contribution in [1.29, 1.82) is 0 Å². The molecule has 19 heavy (non-hydrogen) atoms. The van der Waals surface area contributed by atoms with E-state index < -0.39 is 0 Å². The number of nitrogens with one attached hydrogen (secondary N) is 1. The first-order chi connectivity index (χ1) is 9.13. The van der Waals surface area contributed by atoms with Gasteiger partial charge in [0, 0.05) is 30.1 Å². The van der Waals surface area contributed by atoms with Crippen molar-refractivity contribution in [2.45, 2.75) is 32.4 Å². The van der Waals surface area contributed by atoms with E-state index in [0.29, 0.717) is 12.1 Å². The Morgan fingerprint density at radius 1 is 1.37 bits per heavy atom. The molecule has 1 N–H and O–H groups in total. The third-order valence-corrected chi connectivity index (χ3v) is 5.40. The molecule has 106 valence electrons. The highest BCUT2D eigenvalue weighted by atomic mass is 32.2. The molecule has 0 bridgehead atoms. The number of nitrogens with zero attached hydrogens (tertiary/aromatic N) is 1. The molecule has 0 radical (unpaired) electrons. The summed E-state index contributed by atoms with van der Waals surface area (Å²) >= 11 is 2.09. The average Bonchev–Trinajstić information content (AvgIpc) is 2.40. The van der Waals surface area contributed by atoms with Gasteiger partial charge in [-0.15, -0.1) is 0 Å². The van der Waals surface area contributed by atoms with Gasteiger partial charge in [-0.3, -0.25) is 0 Å². The summed E-state index contributed by atoms with van der Waals surface area (Å²) in [5.41, 5.74) is 4.36. The molecule has 0 saturated carbocycles. The molecule has 0 amide bonds. The smallest absolute Gasteiger partial charge is 0.0340 e. The van der Waals surface area contributed by atoms with E-state index in [1.807, 2.05) is 0 Å². The first-order valence-corrected chi connectivity index (χ1v) is 8.29. The van der Waals surface area contributed by atoms with Crippen LogP contribution >= 0.6 is 11.8 Å². The van der Waals surface area contributed by atoms with Gasteiger partial charge in [-0.1, -0.05) is 18.2 Å². The highest BCUT2D eigenvalue weighted by Crippen LogP contribution is 2.22. The van der Waals surface area contributed by atoms with Crippen LogP contribution in [-0.2, 0) is 6.42 Å². The number of rotatable bonds is 4. The van der Waals surface area contributed by atoms with Gasteiger partial charge < -0.3 is 10.2 Å². The molecule has 0 spiro atoms. The molecule has 2 unspecified atom stereocenters. The quantitative estimate of drug-likeness (QED) is 0.911. The summed E-state index contributed by atoms with van der Waals surface area (Å²) in [6.45, 7) is 5.67. The maximum atomic E-state index is 3.55. The Morgan fingerprint density at radius 2 is 2.05 bits per heavy atom. The van der Waals surface area contributed by atoms with Gasteiger partial charge in [-0.25, -0.2) is 0 Å². The summed E-state index contributed by atoms with van der Waals surface area (Å²) in [4.78, 5) is 2.52. The van der Waals surface area contributed by atoms with Crippen molar-refractivity contribution in [2.24, 2.45) is 0 Å². The second-order valence-electron chi connectivity index (χ2n) is 5.59. The van der Waals surface area contributed by atoms with E-state index in [9.17, 15) is 0 Å². The highest BCUT2D eigenvalue weighted by molar-refractivity contribution is 7.99. The van der Waals surface area contributed by atoms with Crippen LogP contribution in [0.15, 0.2) is 18.2 Å². The molecule has 1 heterocycles. The first kappa shape index (κ1) is 14.9. The predicted molar refractivity (Wildman–Crippen MR) is 86.2 cm³/mol. The van der Waals surface area contributed by atoms with E-state index in [-0.39, 0.29) is 0 Å². The average molecular weight is 278 g/mol. The molecule has 1 aromatic rings. The standard InChI is InChI=1S/C16H26N2S/c1-12-6-5-7-13(2)14(12)10-15(17-3)16-11-19-9-8-18(16)4/h5-7,15-17H,8-11H2,1-4H3. The van der Waals surface area contributed by atoms with Gasteiger partial charge in [0.25, 0.3) is 0 Å². The number of benzene rings is 1. The summed E-state index contributed by atoms with van der Waals surface area (Å²) in [5.74, 6) is 2.51. The van der Waals surface area contributed by atoms with Crippen molar-refractivity contribution in [1.82, 2.24) is 10.2 Å². The SMILES string of the molecule is CNC(Cc1c(C)cccc1C)C1CSCCN1C. The monoisotopic (exact) mass is 278 g/mol. The van der Waals surface area contributed by atoms with Crippen LogP contribution in [0.5, 0.6) is 0 Å². The topological polar surface area (TPSA) is 15.3 Å². The zero-order valence-corrected chi connectivity index (χ0v) is 13.4. The summed E-state index contributed by atoms with van der Waals surface area (Å²) in [6, 6.07) is 7.80. The van der Waals surface area contributed by atoms with E-state index in [1.165, 1.54) is 34.7 Å². The lowest BCUT2D eigenvalue weighted by Gasteiger charge is -2.38. The maximum Gasteiger partial charge on any atom is 0.0340 e. The fraction of sp³-hybridized carbons (Fsp3) is 0.625. The van der Waals surface area contributed by atoms with E-state index in [2.05, 4.69) is 68.1 Å². The van der Waals surface area contributed by atoms with Crippen LogP contribution in [0.1, 0.15) is 16.7 Å². The molecule has 1 fully saturated rings. The van der Waals surface area contributed by atoms with Crippen LogP contribution in [0, 0.1) is 13.8 Å². The molecule has 2 atom stereocenters. The van der Waals surface area contributed by atoms with Crippen molar-refractivity contribution in [3.63, 3.8) is 0 Å². The minimum atomic E-state index is 0.539. The highest BCUT2D eigenvalue weighted by Gasteiger charge is 2.27. The molecule has 1 saturated heterocycles. The second kappa shape index (κ2) is 6.78. The van der Waals surface area contributed by atoms with Gasteiger partial charge in [0.1, 0.15) is 0 Å². The minimum absolute atomic E-state index is 0.539. The van der Waals surface area contributed by atoms with Crippen molar-refractivity contribution in [3.8, 4) is 0 Å². The lowest BCUT2D eigenvalue weighted by Crippen LogP contribution is -2.52. The van der Waals surface area contributed by atoms with Crippen molar-refractivity contribution in [2.75, 3.05) is 32.1 Å². The minimum Gasteiger partial charge on any atom is -0.315 e. The Bertz CT molecular complexity index is 399. The normalized spacial score (nSPS) is 22.4. The largest absolute Gasteiger partial charge is 0.315 e. The molecule has 1 aliphatic heterocycles. The lowest BCUT2D eigenvalue weighted by molar-refractivity contribution is 0.219. The Morgan fingerprint density at radius 3 is 2.63 bits per heavy atom. The van der Waals surface area contributed by atoms with Gasteiger partial charge in [0.05, 0.1) is 0 Å². The van der Waals surface area contributed by atoms with Crippen LogP contribution in [0.3, 0.4) is 0 Å². The van der Waals surface area contributed by atoms with Gasteiger partial charge >= 0.3 is 0 Å². The number of thioether (sulfide) groups is 1. The Labute approximate surface area is 122 Å². The Hall–Kier alpha value is -0.510. The number of hydrogen-bond acceptors (Lipinski definition) is 3. The van der Waals surface area contributed by atoms with Gasteiger partial charge in [0.2, 0.25) is 0 Å². The number of likely N-dealkylation sites (N-methyl/N-ethyl adjacent to an activating group) is 2. The van der Waals surface area contributed by atoms with Crippen molar-refractivity contribution < 1.29 is 0 Å². The second-order valence-corrected chi connectivity index (χ2v) is 6.74. The summed E-state index contributed by atoms with van der Waals surface area (Å²) in [6.07, 6.45) is 1.13. The molecule has 1 aliphatic rings. The van der Waals surface area contributed by atoms with Crippen LogP contribution in [-0.4, -0.2) is 49.1 Å². The summed E-state index contributed by atoms with van der Waals surface area (Å²) in [7, 11) is 4.37. The van der Waals surface area contributed by atoms with E-state index in [4.69, 9.17) is 0 Å². The molecule has 0 aliphatic carbocycles. The molecule has 2 nitrogen and oxygen atoms in total. The summed E-state index contributed by atoms with van der Waals surface area (Å²) in [5, 5.41) is 3.55. The Balaban J connectivity index is 2.14. The molecule has 1 aromatic carbocycles. The van der Waals surface area contributed by atoms with Gasteiger partial charge in [-0.2, -0.15) is 11.8 Å². The summed E-state index contributed by atoms with van der Waals surface area (Å²) < 4.78 is 0. The fourth-order valence-electron chi connectivity index (χ4n) is 2.95. The zero-order valence-electron chi connectivity index (χ0n) is 12.6. The zero-order chi connectivity index (χ0) is 13.8. The van der Waals surface area contributed by atoms with Crippen LogP contribution < -0.4 is 5.32 Å². The van der Waals surface area contributed by atoms with Crippen LogP contribution in [0.4, 0.5) is 0 Å². The predicted octanol–water partition coefficient (Wildman–Crippen LogP) is 2.48. The molecule has 2 rings (SSSR count). The Kier molecular flexibility index (Phi) is 5.31. The lowest BCUT2D eigenvalue weighted by atomic mass is 9.93. The third-order valence-electron chi connectivity index (χ3n) is 4.35. The molecular formula is C16H26N2S. The maximum absolute atomic E-state index is 3.55. The van der Waals surface area contributed by atoms with Gasteiger partial charge in [-0.05, 0) is 51.1 Å². The van der Waals surface area contributed by atoms with E-state index in [1.54, 1.807) is 0 Å². The fourth-order valence-corrected chi connectivity index (χ4v) is 4.26. The molecule has 3 heteroatoms. The number of hydrogen-bond donors (Lipinski definition) is 1. The third kappa shape index (κ3) is 3.53. The molecule has 0 aromatic heterocycles. The molecular weight excluding hydrogens is 252 g/mol. The van der Waals surface area contributed by atoms with E-state index >= 15 is 0 Å². The van der Waals surface area contributed by atoms with Crippen molar-refractivity contribution in [3.05, 3.63) is 34.9 Å². The van der Waals surface area contributed by atoms with E-state index in [0.717, 1.165) is 6.42 Å². The number of aryl methyl sites for hydroxylation is 2. The van der Waals surface area contributed by atoms with Gasteiger partial charge in [0.15, 0.2) is 0 Å². The van der Waals surface area contributed by atoms with Crippen molar-refractivity contribution >= 4 is 11.8 Å². The first-order valence-electron chi connectivity index (χ1n) is 7.14.